The number of rotatable bonds is 10. The Hall–Kier alpha value is -3.97. The van der Waals surface area contributed by atoms with E-state index < -0.39 is 5.82 Å². The Labute approximate surface area is 286 Å². The maximum Gasteiger partial charge on any atom is 0.247 e. The first-order valence-electron chi connectivity index (χ1n) is 16.6. The van der Waals surface area contributed by atoms with Gasteiger partial charge in [0.25, 0.3) is 0 Å². The number of ether oxygens (including phenoxy) is 1. The van der Waals surface area contributed by atoms with Crippen molar-refractivity contribution in [1.82, 2.24) is 19.8 Å². The lowest BCUT2D eigenvalue weighted by Crippen LogP contribution is -2.54. The highest BCUT2D eigenvalue weighted by Crippen LogP contribution is 2.41. The second-order valence-electron chi connectivity index (χ2n) is 12.7. The number of carbonyl (C=O) groups excluding carboxylic acids is 1. The van der Waals surface area contributed by atoms with Crippen molar-refractivity contribution >= 4 is 46.2 Å². The van der Waals surface area contributed by atoms with Gasteiger partial charge in [-0.25, -0.2) is 19.4 Å². The van der Waals surface area contributed by atoms with Gasteiger partial charge < -0.3 is 20.3 Å². The van der Waals surface area contributed by atoms with Crippen LogP contribution in [0.3, 0.4) is 0 Å². The monoisotopic (exact) mass is 678 g/mol. The topological polar surface area (TPSA) is 98.3 Å². The Morgan fingerprint density at radius 2 is 1.81 bits per heavy atom. The van der Waals surface area contributed by atoms with Gasteiger partial charge in [0.15, 0.2) is 5.82 Å². The van der Waals surface area contributed by atoms with Crippen LogP contribution in [0.5, 0.6) is 5.75 Å². The molecule has 13 heteroatoms. The van der Waals surface area contributed by atoms with Crippen LogP contribution in [0.4, 0.5) is 33.1 Å². The van der Waals surface area contributed by atoms with Crippen LogP contribution in [-0.2, 0) is 9.63 Å². The number of anilines is 5. The number of nitrogens with one attached hydrogen (secondary N) is 2. The molecule has 0 saturated carbocycles. The maximum atomic E-state index is 14.2. The number of carbonyl (C=O) groups is 1. The minimum absolute atomic E-state index is 0.274. The Morgan fingerprint density at radius 1 is 1.04 bits per heavy atom. The predicted molar refractivity (Wildman–Crippen MR) is 188 cm³/mol. The second-order valence-corrected chi connectivity index (χ2v) is 13.1. The fraction of sp³-hybridized carbons (Fsp3) is 0.457. The third kappa shape index (κ3) is 7.67. The van der Waals surface area contributed by atoms with Crippen molar-refractivity contribution in [1.29, 1.82) is 0 Å². The van der Waals surface area contributed by atoms with Crippen molar-refractivity contribution in [3.8, 4) is 5.75 Å². The van der Waals surface area contributed by atoms with Crippen LogP contribution in [0.1, 0.15) is 44.7 Å². The van der Waals surface area contributed by atoms with Crippen molar-refractivity contribution < 1.29 is 18.8 Å². The quantitative estimate of drug-likeness (QED) is 0.248. The highest BCUT2D eigenvalue weighted by Gasteiger charge is 2.31. The number of halogens is 2. The number of piperazine rings is 1. The van der Waals surface area contributed by atoms with Gasteiger partial charge in [-0.2, -0.15) is 0 Å². The van der Waals surface area contributed by atoms with E-state index in [9.17, 15) is 9.18 Å². The van der Waals surface area contributed by atoms with Crippen LogP contribution in [-0.4, -0.2) is 90.7 Å². The third-order valence-electron chi connectivity index (χ3n) is 9.48. The first-order valence-corrected chi connectivity index (χ1v) is 17.0. The SMILES string of the molecule is C=CC(=O)Nc1cc(Nc2cc(N3OCC[C@@H]3c3cc(F)cc(Cl)c3)ncn2)c(OC)cc1N1CCC(N2CCN(C(C)C)CC2)CC1. The molecule has 1 amide bonds. The Kier molecular flexibility index (Phi) is 10.6. The molecule has 0 aliphatic carbocycles. The van der Waals surface area contributed by atoms with Crippen molar-refractivity contribution in [2.45, 2.75) is 51.2 Å². The minimum Gasteiger partial charge on any atom is -0.494 e. The first-order chi connectivity index (χ1) is 23.2. The smallest absolute Gasteiger partial charge is 0.247 e. The van der Waals surface area contributed by atoms with Crippen LogP contribution in [0.25, 0.3) is 0 Å². The molecule has 11 nitrogen and oxygen atoms in total. The second kappa shape index (κ2) is 15.1. The lowest BCUT2D eigenvalue weighted by atomic mass is 10.0. The van der Waals surface area contributed by atoms with E-state index >= 15 is 0 Å². The van der Waals surface area contributed by atoms with Gasteiger partial charge in [0.05, 0.1) is 36.8 Å². The summed E-state index contributed by atoms with van der Waals surface area (Å²) in [6.07, 6.45) is 5.43. The van der Waals surface area contributed by atoms with Gasteiger partial charge in [-0.3, -0.25) is 19.4 Å². The lowest BCUT2D eigenvalue weighted by molar-refractivity contribution is -0.111. The maximum absolute atomic E-state index is 14.2. The summed E-state index contributed by atoms with van der Waals surface area (Å²) in [4.78, 5) is 34.9. The molecular weight excluding hydrogens is 635 g/mol. The summed E-state index contributed by atoms with van der Waals surface area (Å²) < 4.78 is 20.0. The van der Waals surface area contributed by atoms with Gasteiger partial charge in [-0.05, 0) is 62.6 Å². The van der Waals surface area contributed by atoms with Gasteiger partial charge in [-0.1, -0.05) is 18.2 Å². The van der Waals surface area contributed by atoms with Crippen molar-refractivity contribution in [3.05, 3.63) is 71.8 Å². The van der Waals surface area contributed by atoms with E-state index in [4.69, 9.17) is 21.2 Å². The summed E-state index contributed by atoms with van der Waals surface area (Å²) in [6, 6.07) is 10.9. The molecule has 256 valence electrons. The molecule has 0 radical (unpaired) electrons. The van der Waals surface area contributed by atoms with Gasteiger partial charge in [0, 0.05) is 74.9 Å². The predicted octanol–water partition coefficient (Wildman–Crippen LogP) is 6.02. The zero-order valence-electron chi connectivity index (χ0n) is 27.8. The van der Waals surface area contributed by atoms with Crippen LogP contribution >= 0.6 is 11.6 Å². The standard InChI is InChI=1S/C35H44ClFN8O3/c1-5-35(46)41-28-19-29(32(47-4)20-31(28)44-9-6-27(7-10-44)43-13-11-42(12-14-43)23(2)3)40-33-21-34(39-22-38-33)45-30(8-15-48-45)24-16-25(36)18-26(37)17-24/h5,16-23,27,30H,1,6-15H2,2-4H3,(H,41,46)(H,38,39,40)/t30-/m1/s1. The Balaban J connectivity index is 1.20. The summed E-state index contributed by atoms with van der Waals surface area (Å²) in [6.45, 7) is 14.8. The van der Waals surface area contributed by atoms with Crippen LogP contribution in [0, 0.1) is 5.82 Å². The normalized spacial score (nSPS) is 19.5. The van der Waals surface area contributed by atoms with E-state index in [0.29, 0.717) is 64.5 Å². The van der Waals surface area contributed by atoms with E-state index in [-0.39, 0.29) is 11.9 Å². The van der Waals surface area contributed by atoms with E-state index in [0.717, 1.165) is 57.8 Å². The van der Waals surface area contributed by atoms with Crippen LogP contribution in [0.2, 0.25) is 5.02 Å². The molecule has 1 atom stereocenters. The summed E-state index contributed by atoms with van der Waals surface area (Å²) >= 11 is 6.15. The molecule has 4 heterocycles. The molecule has 6 rings (SSSR count). The van der Waals surface area contributed by atoms with Gasteiger partial charge in [0.1, 0.15) is 23.7 Å². The average molecular weight is 679 g/mol. The van der Waals surface area contributed by atoms with E-state index in [2.05, 4.69) is 55.7 Å². The number of nitrogens with zero attached hydrogens (tertiary/aromatic N) is 6. The highest BCUT2D eigenvalue weighted by molar-refractivity contribution is 6.30. The molecule has 0 spiro atoms. The van der Waals surface area contributed by atoms with Crippen LogP contribution < -0.4 is 25.3 Å². The number of benzene rings is 2. The average Bonchev–Trinajstić information content (AvgIpc) is 3.59. The number of hydrogen-bond donors (Lipinski definition) is 2. The number of piperidine rings is 1. The molecule has 3 saturated heterocycles. The fourth-order valence-corrected chi connectivity index (χ4v) is 7.14. The largest absolute Gasteiger partial charge is 0.494 e. The Bertz CT molecular complexity index is 1590. The molecule has 1 aromatic heterocycles. The first kappa shape index (κ1) is 33.9. The molecule has 3 aliphatic rings. The van der Waals surface area contributed by atoms with Crippen LogP contribution in [0.15, 0.2) is 55.4 Å². The van der Waals surface area contributed by atoms with Crippen molar-refractivity contribution in [3.63, 3.8) is 0 Å². The number of hydrogen-bond acceptors (Lipinski definition) is 10. The fourth-order valence-electron chi connectivity index (χ4n) is 6.91. The lowest BCUT2D eigenvalue weighted by Gasteiger charge is -2.44. The van der Waals surface area contributed by atoms with E-state index in [1.54, 1.807) is 24.3 Å². The zero-order valence-corrected chi connectivity index (χ0v) is 28.5. The van der Waals surface area contributed by atoms with Crippen molar-refractivity contribution in [2.75, 3.05) is 73.6 Å². The molecule has 0 bridgehead atoms. The van der Waals surface area contributed by atoms with Crippen molar-refractivity contribution in [2.24, 2.45) is 0 Å². The molecule has 0 unspecified atom stereocenters. The third-order valence-corrected chi connectivity index (χ3v) is 9.70. The minimum atomic E-state index is -0.409. The molecule has 2 N–H and O–H groups in total. The molecule has 3 fully saturated rings. The number of amides is 1. The van der Waals surface area contributed by atoms with E-state index in [1.165, 1.54) is 24.5 Å². The van der Waals surface area contributed by atoms with Gasteiger partial charge >= 0.3 is 0 Å². The van der Waals surface area contributed by atoms with E-state index in [1.807, 2.05) is 12.1 Å². The number of hydroxylamine groups is 1. The molecular formula is C35H44ClFN8O3. The molecule has 2 aromatic carbocycles. The summed E-state index contributed by atoms with van der Waals surface area (Å²) in [5.41, 5.74) is 2.84. The number of aromatic nitrogens is 2. The Morgan fingerprint density at radius 3 is 2.50 bits per heavy atom. The number of methoxy groups -OCH3 is 1. The summed E-state index contributed by atoms with van der Waals surface area (Å²) in [5.74, 6) is 0.869. The highest BCUT2D eigenvalue weighted by atomic mass is 35.5. The summed E-state index contributed by atoms with van der Waals surface area (Å²) in [5, 5.41) is 8.31. The molecule has 48 heavy (non-hydrogen) atoms. The zero-order chi connectivity index (χ0) is 33.8. The summed E-state index contributed by atoms with van der Waals surface area (Å²) in [7, 11) is 1.62. The molecule has 3 aromatic rings. The van der Waals surface area contributed by atoms with Gasteiger partial charge in [-0.15, -0.1) is 0 Å². The van der Waals surface area contributed by atoms with Gasteiger partial charge in [0.2, 0.25) is 5.91 Å². The molecule has 3 aliphatic heterocycles.